The molecule has 1 aromatic heterocycles. The van der Waals surface area contributed by atoms with Crippen molar-refractivity contribution in [1.82, 2.24) is 15.2 Å². The summed E-state index contributed by atoms with van der Waals surface area (Å²) in [5, 5.41) is 14.3. The second kappa shape index (κ2) is 4.36. The fourth-order valence-corrected chi connectivity index (χ4v) is 1.49. The SMILES string of the molecule is Cc1cn[nH]c1NC(=O)C1=NN(C)C(=O)CC1. The van der Waals surface area contributed by atoms with Crippen LogP contribution in [0.4, 0.5) is 5.82 Å². The van der Waals surface area contributed by atoms with Crippen LogP contribution < -0.4 is 5.32 Å². The van der Waals surface area contributed by atoms with Crippen LogP contribution >= 0.6 is 0 Å². The third-order valence-corrected chi connectivity index (χ3v) is 2.54. The molecule has 0 aromatic carbocycles. The zero-order valence-corrected chi connectivity index (χ0v) is 9.65. The second-order valence-electron chi connectivity index (χ2n) is 3.85. The molecule has 90 valence electrons. The lowest BCUT2D eigenvalue weighted by atomic mass is 10.1. The van der Waals surface area contributed by atoms with Crippen molar-refractivity contribution in [3.8, 4) is 0 Å². The minimum atomic E-state index is -0.309. The molecule has 1 aromatic rings. The van der Waals surface area contributed by atoms with Gasteiger partial charge < -0.3 is 5.32 Å². The van der Waals surface area contributed by atoms with Gasteiger partial charge in [-0.15, -0.1) is 0 Å². The van der Waals surface area contributed by atoms with Crippen molar-refractivity contribution in [2.75, 3.05) is 12.4 Å². The van der Waals surface area contributed by atoms with Crippen LogP contribution in [0.25, 0.3) is 0 Å². The molecule has 0 bridgehead atoms. The number of anilines is 1. The molecule has 0 spiro atoms. The van der Waals surface area contributed by atoms with E-state index >= 15 is 0 Å². The number of carbonyl (C=O) groups excluding carboxylic acids is 2. The Hall–Kier alpha value is -2.18. The van der Waals surface area contributed by atoms with Crippen LogP contribution in [-0.2, 0) is 9.59 Å². The minimum absolute atomic E-state index is 0.0840. The summed E-state index contributed by atoms with van der Waals surface area (Å²) in [6.45, 7) is 1.83. The molecule has 2 rings (SSSR count). The van der Waals surface area contributed by atoms with Crippen molar-refractivity contribution in [3.05, 3.63) is 11.8 Å². The van der Waals surface area contributed by atoms with E-state index in [0.717, 1.165) is 5.56 Å². The van der Waals surface area contributed by atoms with E-state index in [0.29, 0.717) is 24.4 Å². The summed E-state index contributed by atoms with van der Waals surface area (Å²) in [6.07, 6.45) is 2.29. The molecule has 2 N–H and O–H groups in total. The molecular weight excluding hydrogens is 222 g/mol. The first kappa shape index (κ1) is 11.3. The number of hydrogen-bond donors (Lipinski definition) is 2. The Balaban J connectivity index is 2.09. The van der Waals surface area contributed by atoms with E-state index < -0.39 is 0 Å². The Morgan fingerprint density at radius 1 is 1.53 bits per heavy atom. The van der Waals surface area contributed by atoms with E-state index in [1.54, 1.807) is 6.20 Å². The highest BCUT2D eigenvalue weighted by atomic mass is 16.2. The summed E-state index contributed by atoms with van der Waals surface area (Å²) in [5.74, 6) is 0.160. The Bertz CT molecular complexity index is 491. The Labute approximate surface area is 97.9 Å². The molecule has 1 aliphatic heterocycles. The summed E-state index contributed by atoms with van der Waals surface area (Å²) in [5.41, 5.74) is 1.19. The summed E-state index contributed by atoms with van der Waals surface area (Å²) < 4.78 is 0. The van der Waals surface area contributed by atoms with E-state index in [1.807, 2.05) is 6.92 Å². The molecule has 2 heterocycles. The van der Waals surface area contributed by atoms with Crippen molar-refractivity contribution in [1.29, 1.82) is 0 Å². The molecule has 0 saturated carbocycles. The number of rotatable bonds is 2. The van der Waals surface area contributed by atoms with Gasteiger partial charge in [-0.05, 0) is 6.92 Å². The van der Waals surface area contributed by atoms with Crippen LogP contribution in [0.1, 0.15) is 18.4 Å². The summed E-state index contributed by atoms with van der Waals surface area (Å²) in [6, 6.07) is 0. The lowest BCUT2D eigenvalue weighted by Crippen LogP contribution is -2.34. The van der Waals surface area contributed by atoms with Gasteiger partial charge in [0.1, 0.15) is 11.5 Å². The number of amides is 2. The molecule has 0 unspecified atom stereocenters. The van der Waals surface area contributed by atoms with Crippen molar-refractivity contribution in [2.24, 2.45) is 5.10 Å². The Morgan fingerprint density at radius 2 is 2.29 bits per heavy atom. The summed E-state index contributed by atoms with van der Waals surface area (Å²) in [7, 11) is 1.54. The first-order chi connectivity index (χ1) is 8.08. The number of nitrogens with zero attached hydrogens (tertiary/aromatic N) is 3. The Kier molecular flexibility index (Phi) is 2.90. The Morgan fingerprint density at radius 3 is 2.88 bits per heavy atom. The number of aromatic nitrogens is 2. The standard InChI is InChI=1S/C10H13N5O2/c1-6-5-11-13-9(6)12-10(17)7-3-4-8(16)15(2)14-7/h5H,3-4H2,1-2H3,(H2,11,12,13,17). The van der Waals surface area contributed by atoms with Crippen LogP contribution in [-0.4, -0.2) is 39.8 Å². The smallest absolute Gasteiger partial charge is 0.273 e. The maximum Gasteiger partial charge on any atom is 0.273 e. The molecule has 17 heavy (non-hydrogen) atoms. The number of hydrogen-bond acceptors (Lipinski definition) is 4. The van der Waals surface area contributed by atoms with Crippen molar-refractivity contribution >= 4 is 23.3 Å². The van der Waals surface area contributed by atoms with Gasteiger partial charge in [0.05, 0.1) is 6.20 Å². The van der Waals surface area contributed by atoms with Gasteiger partial charge in [0.2, 0.25) is 5.91 Å². The van der Waals surface area contributed by atoms with Crippen molar-refractivity contribution < 1.29 is 9.59 Å². The van der Waals surface area contributed by atoms with Crippen LogP contribution in [0.3, 0.4) is 0 Å². The highest BCUT2D eigenvalue weighted by Gasteiger charge is 2.22. The van der Waals surface area contributed by atoms with Crippen LogP contribution in [0.2, 0.25) is 0 Å². The lowest BCUT2D eigenvalue weighted by molar-refractivity contribution is -0.130. The van der Waals surface area contributed by atoms with Crippen molar-refractivity contribution in [2.45, 2.75) is 19.8 Å². The molecule has 0 saturated heterocycles. The third-order valence-electron chi connectivity index (χ3n) is 2.54. The van der Waals surface area contributed by atoms with Crippen molar-refractivity contribution in [3.63, 3.8) is 0 Å². The minimum Gasteiger partial charge on any atom is -0.306 e. The van der Waals surface area contributed by atoms with Crippen LogP contribution in [0.15, 0.2) is 11.3 Å². The monoisotopic (exact) mass is 235 g/mol. The number of aromatic amines is 1. The summed E-state index contributed by atoms with van der Waals surface area (Å²) >= 11 is 0. The van der Waals surface area contributed by atoms with Gasteiger partial charge >= 0.3 is 0 Å². The quantitative estimate of drug-likeness (QED) is 0.770. The number of carbonyl (C=O) groups is 2. The van der Waals surface area contributed by atoms with E-state index in [4.69, 9.17) is 0 Å². The molecule has 2 amide bonds. The first-order valence-corrected chi connectivity index (χ1v) is 5.23. The van der Waals surface area contributed by atoms with Gasteiger partial charge in [0.15, 0.2) is 0 Å². The molecule has 0 radical (unpaired) electrons. The van der Waals surface area contributed by atoms with Gasteiger partial charge in [-0.25, -0.2) is 5.01 Å². The second-order valence-corrected chi connectivity index (χ2v) is 3.85. The maximum atomic E-state index is 11.8. The molecular formula is C10H13N5O2. The maximum absolute atomic E-state index is 11.8. The van der Waals surface area contributed by atoms with E-state index in [9.17, 15) is 9.59 Å². The van der Waals surface area contributed by atoms with Gasteiger partial charge in [-0.1, -0.05) is 0 Å². The average Bonchev–Trinajstić information content (AvgIpc) is 2.68. The third kappa shape index (κ3) is 2.32. The predicted molar refractivity (Wildman–Crippen MR) is 61.4 cm³/mol. The fraction of sp³-hybridized carbons (Fsp3) is 0.400. The van der Waals surface area contributed by atoms with Crippen LogP contribution in [0.5, 0.6) is 0 Å². The van der Waals surface area contributed by atoms with Gasteiger partial charge in [-0.2, -0.15) is 10.2 Å². The van der Waals surface area contributed by atoms with Gasteiger partial charge in [0.25, 0.3) is 5.91 Å². The number of hydrazone groups is 1. The summed E-state index contributed by atoms with van der Waals surface area (Å²) in [4.78, 5) is 23.0. The zero-order valence-electron chi connectivity index (χ0n) is 9.65. The zero-order chi connectivity index (χ0) is 12.4. The molecule has 0 fully saturated rings. The average molecular weight is 235 g/mol. The number of H-pyrrole nitrogens is 1. The highest BCUT2D eigenvalue weighted by Crippen LogP contribution is 2.11. The number of nitrogens with one attached hydrogen (secondary N) is 2. The lowest BCUT2D eigenvalue weighted by Gasteiger charge is -2.18. The van der Waals surface area contributed by atoms with Gasteiger partial charge in [0, 0.05) is 25.5 Å². The first-order valence-electron chi connectivity index (χ1n) is 5.23. The van der Waals surface area contributed by atoms with Crippen LogP contribution in [0, 0.1) is 6.92 Å². The molecule has 0 atom stereocenters. The fourth-order valence-electron chi connectivity index (χ4n) is 1.49. The molecule has 1 aliphatic rings. The largest absolute Gasteiger partial charge is 0.306 e. The topological polar surface area (TPSA) is 90.4 Å². The highest BCUT2D eigenvalue weighted by molar-refractivity contribution is 6.43. The van der Waals surface area contributed by atoms with Gasteiger partial charge in [-0.3, -0.25) is 14.7 Å². The van der Waals surface area contributed by atoms with E-state index in [2.05, 4.69) is 20.6 Å². The number of aryl methyl sites for hydroxylation is 1. The molecule has 7 nitrogen and oxygen atoms in total. The van der Waals surface area contributed by atoms with E-state index in [1.165, 1.54) is 12.1 Å². The molecule has 0 aliphatic carbocycles. The molecule has 7 heteroatoms. The predicted octanol–water partition coefficient (Wildman–Crippen LogP) is 0.265. The normalized spacial score (nSPS) is 15.8. The van der Waals surface area contributed by atoms with E-state index in [-0.39, 0.29) is 11.8 Å².